The fraction of sp³-hybridized carbons (Fsp3) is 0.385. The van der Waals surface area contributed by atoms with E-state index in [1.807, 2.05) is 6.92 Å². The van der Waals surface area contributed by atoms with Gasteiger partial charge < -0.3 is 10.4 Å². The van der Waals surface area contributed by atoms with Crippen LogP contribution in [0.25, 0.3) is 11.0 Å². The molecule has 0 aliphatic heterocycles. The number of H-pyrrole nitrogens is 1. The third-order valence-electron chi connectivity index (χ3n) is 3.34. The molecule has 0 saturated heterocycles. The predicted octanol–water partition coefficient (Wildman–Crippen LogP) is 1.19. The maximum absolute atomic E-state index is 12.1. The van der Waals surface area contributed by atoms with Crippen molar-refractivity contribution in [2.75, 3.05) is 0 Å². The standard InChI is InChI=1S/C13H16N4O3/c1-3-7(2)11(13(19)20)14-12(18)8-4-5-9-10(6-8)16-17-15-9/h4-7,11H,3H2,1-2H3,(H,14,18)(H,19,20)(H,15,16,17)/t7-,11-/m0/s1. The van der Waals surface area contributed by atoms with Gasteiger partial charge in [0.2, 0.25) is 0 Å². The minimum atomic E-state index is -1.03. The largest absolute Gasteiger partial charge is 0.480 e. The van der Waals surface area contributed by atoms with Crippen LogP contribution in [0.15, 0.2) is 18.2 Å². The fourth-order valence-corrected chi connectivity index (χ4v) is 1.89. The van der Waals surface area contributed by atoms with Crippen LogP contribution in [0.3, 0.4) is 0 Å². The molecule has 0 aliphatic carbocycles. The molecule has 1 heterocycles. The maximum Gasteiger partial charge on any atom is 0.326 e. The summed E-state index contributed by atoms with van der Waals surface area (Å²) in [6.07, 6.45) is 0.666. The molecule has 2 atom stereocenters. The van der Waals surface area contributed by atoms with Crippen LogP contribution in [0.2, 0.25) is 0 Å². The third kappa shape index (κ3) is 2.76. The number of carbonyl (C=O) groups is 2. The van der Waals surface area contributed by atoms with E-state index in [2.05, 4.69) is 20.7 Å². The van der Waals surface area contributed by atoms with Crippen molar-refractivity contribution in [2.45, 2.75) is 26.3 Å². The molecule has 3 N–H and O–H groups in total. The molecular formula is C13H16N4O3. The molecule has 0 radical (unpaired) electrons. The first-order valence-corrected chi connectivity index (χ1v) is 6.37. The smallest absolute Gasteiger partial charge is 0.326 e. The zero-order valence-electron chi connectivity index (χ0n) is 11.3. The summed E-state index contributed by atoms with van der Waals surface area (Å²) in [5, 5.41) is 22.0. The highest BCUT2D eigenvalue weighted by atomic mass is 16.4. The van der Waals surface area contributed by atoms with Crippen LogP contribution in [0.5, 0.6) is 0 Å². The van der Waals surface area contributed by atoms with Crippen molar-refractivity contribution < 1.29 is 14.7 Å². The number of carboxylic acid groups (broad SMARTS) is 1. The Morgan fingerprint density at radius 2 is 2.05 bits per heavy atom. The maximum atomic E-state index is 12.1. The van der Waals surface area contributed by atoms with Crippen LogP contribution in [0.1, 0.15) is 30.6 Å². The molecule has 7 heteroatoms. The van der Waals surface area contributed by atoms with Gasteiger partial charge in [0, 0.05) is 5.56 Å². The van der Waals surface area contributed by atoms with E-state index in [0.29, 0.717) is 23.0 Å². The Hall–Kier alpha value is -2.44. The zero-order chi connectivity index (χ0) is 14.7. The summed E-state index contributed by atoms with van der Waals surface area (Å²) in [4.78, 5) is 23.3. The lowest BCUT2D eigenvalue weighted by Crippen LogP contribution is -2.45. The molecule has 7 nitrogen and oxygen atoms in total. The normalized spacial score (nSPS) is 13.9. The molecule has 1 amide bonds. The summed E-state index contributed by atoms with van der Waals surface area (Å²) in [6, 6.07) is 3.92. The lowest BCUT2D eigenvalue weighted by Gasteiger charge is -2.20. The van der Waals surface area contributed by atoms with Crippen LogP contribution < -0.4 is 5.32 Å². The summed E-state index contributed by atoms with van der Waals surface area (Å²) >= 11 is 0. The topological polar surface area (TPSA) is 108 Å². The van der Waals surface area contributed by atoms with Gasteiger partial charge in [-0.05, 0) is 24.1 Å². The van der Waals surface area contributed by atoms with Gasteiger partial charge in [0.1, 0.15) is 17.1 Å². The number of aromatic nitrogens is 3. The summed E-state index contributed by atoms with van der Waals surface area (Å²) in [6.45, 7) is 3.67. The molecule has 1 aromatic carbocycles. The van der Waals surface area contributed by atoms with Gasteiger partial charge in [-0.1, -0.05) is 20.3 Å². The Morgan fingerprint density at radius 3 is 2.70 bits per heavy atom. The number of aliphatic carboxylic acids is 1. The minimum absolute atomic E-state index is 0.146. The highest BCUT2D eigenvalue weighted by Gasteiger charge is 2.25. The van der Waals surface area contributed by atoms with Gasteiger partial charge in [0.15, 0.2) is 0 Å². The number of benzene rings is 1. The van der Waals surface area contributed by atoms with Gasteiger partial charge in [0.25, 0.3) is 5.91 Å². The first kappa shape index (κ1) is 14.0. The van der Waals surface area contributed by atoms with Gasteiger partial charge in [-0.3, -0.25) is 4.79 Å². The quantitative estimate of drug-likeness (QED) is 0.760. The zero-order valence-corrected chi connectivity index (χ0v) is 11.3. The number of amides is 1. The van der Waals surface area contributed by atoms with E-state index in [1.54, 1.807) is 25.1 Å². The molecule has 0 aliphatic rings. The van der Waals surface area contributed by atoms with E-state index in [1.165, 1.54) is 0 Å². The Balaban J connectivity index is 2.19. The Morgan fingerprint density at radius 1 is 1.35 bits per heavy atom. The van der Waals surface area contributed by atoms with E-state index in [-0.39, 0.29) is 5.92 Å². The fourth-order valence-electron chi connectivity index (χ4n) is 1.89. The monoisotopic (exact) mass is 276 g/mol. The van der Waals surface area contributed by atoms with Crippen molar-refractivity contribution in [3.05, 3.63) is 23.8 Å². The van der Waals surface area contributed by atoms with E-state index in [0.717, 1.165) is 0 Å². The van der Waals surface area contributed by atoms with E-state index >= 15 is 0 Å². The molecule has 2 aromatic rings. The number of fused-ring (bicyclic) bond motifs is 1. The van der Waals surface area contributed by atoms with Crippen molar-refractivity contribution in [2.24, 2.45) is 5.92 Å². The van der Waals surface area contributed by atoms with Gasteiger partial charge in [-0.15, -0.1) is 0 Å². The second-order valence-electron chi connectivity index (χ2n) is 4.70. The average molecular weight is 276 g/mol. The highest BCUT2D eigenvalue weighted by molar-refractivity contribution is 5.99. The van der Waals surface area contributed by atoms with E-state index in [4.69, 9.17) is 5.11 Å². The number of carboxylic acids is 1. The molecule has 20 heavy (non-hydrogen) atoms. The van der Waals surface area contributed by atoms with Crippen molar-refractivity contribution in [1.29, 1.82) is 0 Å². The van der Waals surface area contributed by atoms with E-state index < -0.39 is 17.9 Å². The van der Waals surface area contributed by atoms with Crippen molar-refractivity contribution in [3.63, 3.8) is 0 Å². The highest BCUT2D eigenvalue weighted by Crippen LogP contribution is 2.13. The number of aromatic amines is 1. The van der Waals surface area contributed by atoms with Crippen LogP contribution in [-0.2, 0) is 4.79 Å². The molecule has 0 saturated carbocycles. The number of hydrogen-bond acceptors (Lipinski definition) is 4. The Kier molecular flexibility index (Phi) is 3.97. The van der Waals surface area contributed by atoms with Crippen molar-refractivity contribution in [3.8, 4) is 0 Å². The molecule has 0 bridgehead atoms. The predicted molar refractivity (Wildman–Crippen MR) is 72.2 cm³/mol. The van der Waals surface area contributed by atoms with Crippen LogP contribution in [-0.4, -0.2) is 38.4 Å². The number of nitrogens with one attached hydrogen (secondary N) is 2. The van der Waals surface area contributed by atoms with Crippen LogP contribution in [0, 0.1) is 5.92 Å². The molecule has 2 rings (SSSR count). The average Bonchev–Trinajstić information content (AvgIpc) is 2.90. The van der Waals surface area contributed by atoms with Gasteiger partial charge in [-0.2, -0.15) is 15.4 Å². The second-order valence-corrected chi connectivity index (χ2v) is 4.70. The van der Waals surface area contributed by atoms with Crippen LogP contribution in [0.4, 0.5) is 0 Å². The summed E-state index contributed by atoms with van der Waals surface area (Å²) in [5.74, 6) is -1.61. The summed E-state index contributed by atoms with van der Waals surface area (Å²) < 4.78 is 0. The van der Waals surface area contributed by atoms with Crippen LogP contribution >= 0.6 is 0 Å². The first-order valence-electron chi connectivity index (χ1n) is 6.37. The number of rotatable bonds is 5. The van der Waals surface area contributed by atoms with Gasteiger partial charge in [0.05, 0.1) is 0 Å². The van der Waals surface area contributed by atoms with Crippen molar-refractivity contribution in [1.82, 2.24) is 20.7 Å². The van der Waals surface area contributed by atoms with Gasteiger partial charge >= 0.3 is 5.97 Å². The molecule has 106 valence electrons. The lowest BCUT2D eigenvalue weighted by atomic mass is 9.99. The molecule has 1 aromatic heterocycles. The number of nitrogens with zero attached hydrogens (tertiary/aromatic N) is 2. The SMILES string of the molecule is CC[C@H](C)[C@H](NC(=O)c1ccc2n[nH]nc2c1)C(=O)O. The Bertz CT molecular complexity index is 637. The first-order chi connectivity index (χ1) is 9.52. The minimum Gasteiger partial charge on any atom is -0.480 e. The summed E-state index contributed by atoms with van der Waals surface area (Å²) in [7, 11) is 0. The summed E-state index contributed by atoms with van der Waals surface area (Å²) in [5.41, 5.74) is 1.58. The Labute approximate surface area is 115 Å². The number of carbonyl (C=O) groups excluding carboxylic acids is 1. The molecule has 0 fully saturated rings. The number of hydrogen-bond donors (Lipinski definition) is 3. The van der Waals surface area contributed by atoms with Gasteiger partial charge in [-0.25, -0.2) is 4.79 Å². The molecule has 0 spiro atoms. The lowest BCUT2D eigenvalue weighted by molar-refractivity contribution is -0.140. The molecular weight excluding hydrogens is 260 g/mol. The third-order valence-corrected chi connectivity index (χ3v) is 3.34. The molecule has 0 unspecified atom stereocenters. The van der Waals surface area contributed by atoms with Crippen molar-refractivity contribution >= 4 is 22.9 Å². The van der Waals surface area contributed by atoms with E-state index in [9.17, 15) is 9.59 Å². The second kappa shape index (κ2) is 5.68.